The predicted molar refractivity (Wildman–Crippen MR) is 73.6 cm³/mol. The third kappa shape index (κ3) is 2.90. The summed E-state index contributed by atoms with van der Waals surface area (Å²) < 4.78 is 0.714. The average Bonchev–Trinajstić information content (AvgIpc) is 2.80. The number of nitrogens with zero attached hydrogens (tertiary/aromatic N) is 1. The van der Waals surface area contributed by atoms with Crippen LogP contribution in [0.5, 0.6) is 0 Å². The van der Waals surface area contributed by atoms with Gasteiger partial charge in [-0.3, -0.25) is 9.59 Å². The van der Waals surface area contributed by atoms with Crippen LogP contribution in [0, 0.1) is 0 Å². The van der Waals surface area contributed by atoms with E-state index in [1.165, 1.54) is 6.92 Å². The van der Waals surface area contributed by atoms with Crippen molar-refractivity contribution in [1.82, 2.24) is 4.90 Å². The van der Waals surface area contributed by atoms with Crippen molar-refractivity contribution in [2.45, 2.75) is 19.8 Å². The van der Waals surface area contributed by atoms with E-state index in [9.17, 15) is 9.59 Å². The maximum atomic E-state index is 12.2. The van der Waals surface area contributed by atoms with Crippen molar-refractivity contribution in [3.05, 3.63) is 28.2 Å². The van der Waals surface area contributed by atoms with Gasteiger partial charge in [0.15, 0.2) is 0 Å². The molecule has 1 heterocycles. The Labute approximate surface area is 114 Å². The first-order valence-electron chi connectivity index (χ1n) is 5.94. The maximum Gasteiger partial charge on any atom is 0.254 e. The minimum atomic E-state index is -0.125. The highest BCUT2D eigenvalue weighted by Crippen LogP contribution is 2.24. The molecule has 0 aromatic heterocycles. The Morgan fingerprint density at radius 3 is 2.50 bits per heavy atom. The van der Waals surface area contributed by atoms with E-state index in [1.54, 1.807) is 18.2 Å². The Balaban J connectivity index is 2.18. The summed E-state index contributed by atoms with van der Waals surface area (Å²) in [4.78, 5) is 25.0. The molecule has 2 amide bonds. The van der Waals surface area contributed by atoms with Crippen molar-refractivity contribution in [3.63, 3.8) is 0 Å². The van der Waals surface area contributed by atoms with E-state index in [0.29, 0.717) is 15.7 Å². The van der Waals surface area contributed by atoms with Gasteiger partial charge in [0.2, 0.25) is 5.91 Å². The Morgan fingerprint density at radius 2 is 1.94 bits per heavy atom. The van der Waals surface area contributed by atoms with Gasteiger partial charge in [-0.2, -0.15) is 0 Å². The predicted octanol–water partition coefficient (Wildman–Crippen LogP) is 2.64. The number of likely N-dealkylation sites (tertiary alicyclic amines) is 1. The van der Waals surface area contributed by atoms with Gasteiger partial charge in [-0.1, -0.05) is 0 Å². The summed E-state index contributed by atoms with van der Waals surface area (Å²) >= 11 is 3.39. The topological polar surface area (TPSA) is 49.4 Å². The lowest BCUT2D eigenvalue weighted by Gasteiger charge is -2.16. The number of benzene rings is 1. The minimum Gasteiger partial charge on any atom is -0.339 e. The van der Waals surface area contributed by atoms with E-state index < -0.39 is 0 Å². The van der Waals surface area contributed by atoms with Crippen LogP contribution in [0.3, 0.4) is 0 Å². The molecule has 0 radical (unpaired) electrons. The maximum absolute atomic E-state index is 12.2. The van der Waals surface area contributed by atoms with Gasteiger partial charge in [0.05, 0.1) is 5.56 Å². The third-order valence-corrected chi connectivity index (χ3v) is 3.57. The quantitative estimate of drug-likeness (QED) is 0.913. The SMILES string of the molecule is CC(=O)Nc1ccc(C(=O)N2CCCC2)c(Br)c1. The molecular weight excluding hydrogens is 296 g/mol. The molecule has 0 unspecified atom stereocenters. The molecule has 1 aromatic carbocycles. The van der Waals surface area contributed by atoms with Crippen molar-refractivity contribution in [3.8, 4) is 0 Å². The fraction of sp³-hybridized carbons (Fsp3) is 0.385. The van der Waals surface area contributed by atoms with Crippen molar-refractivity contribution in [2.75, 3.05) is 18.4 Å². The van der Waals surface area contributed by atoms with E-state index in [1.807, 2.05) is 4.90 Å². The molecule has 0 atom stereocenters. The Hall–Kier alpha value is -1.36. The molecule has 1 aliphatic heterocycles. The number of carbonyl (C=O) groups excluding carboxylic acids is 2. The molecule has 2 rings (SSSR count). The lowest BCUT2D eigenvalue weighted by Crippen LogP contribution is -2.27. The number of amides is 2. The van der Waals surface area contributed by atoms with Gasteiger partial charge in [0.25, 0.3) is 5.91 Å². The zero-order chi connectivity index (χ0) is 13.1. The summed E-state index contributed by atoms with van der Waals surface area (Å²) in [6.07, 6.45) is 2.15. The summed E-state index contributed by atoms with van der Waals surface area (Å²) in [5.74, 6) is -0.0748. The second-order valence-electron chi connectivity index (χ2n) is 4.38. The highest BCUT2D eigenvalue weighted by Gasteiger charge is 2.21. The van der Waals surface area contributed by atoms with Gasteiger partial charge in [-0.25, -0.2) is 0 Å². The first-order valence-corrected chi connectivity index (χ1v) is 6.73. The molecule has 0 saturated carbocycles. The molecule has 18 heavy (non-hydrogen) atoms. The smallest absolute Gasteiger partial charge is 0.254 e. The number of halogens is 1. The van der Waals surface area contributed by atoms with Crippen LogP contribution in [0.4, 0.5) is 5.69 Å². The molecular formula is C13H15BrN2O2. The van der Waals surface area contributed by atoms with E-state index >= 15 is 0 Å². The first kappa shape index (κ1) is 13.1. The number of nitrogens with one attached hydrogen (secondary N) is 1. The molecule has 1 fully saturated rings. The summed E-state index contributed by atoms with van der Waals surface area (Å²) in [7, 11) is 0. The van der Waals surface area contributed by atoms with Gasteiger partial charge in [-0.15, -0.1) is 0 Å². The van der Waals surface area contributed by atoms with Crippen LogP contribution in [0.25, 0.3) is 0 Å². The molecule has 0 aliphatic carbocycles. The minimum absolute atomic E-state index is 0.0498. The number of hydrogen-bond donors (Lipinski definition) is 1. The van der Waals surface area contributed by atoms with Gasteiger partial charge in [0.1, 0.15) is 0 Å². The Bertz CT molecular complexity index is 482. The van der Waals surface area contributed by atoms with Crippen LogP contribution in [0.2, 0.25) is 0 Å². The van der Waals surface area contributed by atoms with Gasteiger partial charge in [0, 0.05) is 30.2 Å². The summed E-state index contributed by atoms with van der Waals surface area (Å²) in [6, 6.07) is 5.25. The summed E-state index contributed by atoms with van der Waals surface area (Å²) in [5.41, 5.74) is 1.33. The highest BCUT2D eigenvalue weighted by molar-refractivity contribution is 9.10. The summed E-state index contributed by atoms with van der Waals surface area (Å²) in [6.45, 7) is 3.12. The highest BCUT2D eigenvalue weighted by atomic mass is 79.9. The average molecular weight is 311 g/mol. The number of rotatable bonds is 2. The molecule has 0 bridgehead atoms. The molecule has 1 aromatic rings. The molecule has 96 valence electrons. The van der Waals surface area contributed by atoms with Gasteiger partial charge >= 0.3 is 0 Å². The lowest BCUT2D eigenvalue weighted by atomic mass is 10.2. The molecule has 4 nitrogen and oxygen atoms in total. The van der Waals surface area contributed by atoms with Crippen LogP contribution in [0.15, 0.2) is 22.7 Å². The second kappa shape index (κ2) is 5.52. The largest absolute Gasteiger partial charge is 0.339 e. The van der Waals surface area contributed by atoms with Crippen LogP contribution in [0.1, 0.15) is 30.1 Å². The Kier molecular flexibility index (Phi) is 4.01. The Morgan fingerprint density at radius 1 is 1.28 bits per heavy atom. The van der Waals surface area contributed by atoms with Gasteiger partial charge < -0.3 is 10.2 Å². The number of hydrogen-bond acceptors (Lipinski definition) is 2. The van der Waals surface area contributed by atoms with Crippen molar-refractivity contribution < 1.29 is 9.59 Å². The summed E-state index contributed by atoms with van der Waals surface area (Å²) in [5, 5.41) is 2.69. The van der Waals surface area contributed by atoms with E-state index in [4.69, 9.17) is 0 Å². The number of anilines is 1. The molecule has 0 spiro atoms. The molecule has 5 heteroatoms. The monoisotopic (exact) mass is 310 g/mol. The van der Waals surface area contributed by atoms with E-state index in [-0.39, 0.29) is 11.8 Å². The van der Waals surface area contributed by atoms with Gasteiger partial charge in [-0.05, 0) is 47.0 Å². The zero-order valence-corrected chi connectivity index (χ0v) is 11.8. The lowest BCUT2D eigenvalue weighted by molar-refractivity contribution is -0.114. The molecule has 1 saturated heterocycles. The van der Waals surface area contributed by atoms with Crippen molar-refractivity contribution in [1.29, 1.82) is 0 Å². The fourth-order valence-corrected chi connectivity index (χ4v) is 2.61. The van der Waals surface area contributed by atoms with Crippen molar-refractivity contribution in [2.24, 2.45) is 0 Å². The standard InChI is InChI=1S/C13H15BrN2O2/c1-9(17)15-10-4-5-11(12(14)8-10)13(18)16-6-2-3-7-16/h4-5,8H,2-3,6-7H2,1H3,(H,15,17). The first-order chi connectivity index (χ1) is 8.58. The number of carbonyl (C=O) groups is 2. The normalized spacial score (nSPS) is 14.7. The zero-order valence-electron chi connectivity index (χ0n) is 10.2. The van der Waals surface area contributed by atoms with E-state index in [0.717, 1.165) is 25.9 Å². The van der Waals surface area contributed by atoms with Crippen molar-refractivity contribution >= 4 is 33.4 Å². The second-order valence-corrected chi connectivity index (χ2v) is 5.23. The van der Waals surface area contributed by atoms with E-state index in [2.05, 4.69) is 21.2 Å². The van der Waals surface area contributed by atoms with Crippen LogP contribution < -0.4 is 5.32 Å². The van der Waals surface area contributed by atoms with Crippen LogP contribution in [-0.4, -0.2) is 29.8 Å². The molecule has 1 N–H and O–H groups in total. The van der Waals surface area contributed by atoms with Crippen LogP contribution in [-0.2, 0) is 4.79 Å². The molecule has 1 aliphatic rings. The third-order valence-electron chi connectivity index (χ3n) is 2.91. The fourth-order valence-electron chi connectivity index (χ4n) is 2.06. The van der Waals surface area contributed by atoms with Crippen LogP contribution >= 0.6 is 15.9 Å².